The molecule has 7 heteroatoms. The maximum Gasteiger partial charge on any atom is 0.251 e. The Morgan fingerprint density at radius 1 is 1.24 bits per heavy atom. The molecule has 0 aromatic heterocycles. The van der Waals surface area contributed by atoms with Gasteiger partial charge in [-0.3, -0.25) is 9.59 Å². The molecular formula is C18H26ClN3O3. The van der Waals surface area contributed by atoms with Crippen molar-refractivity contribution in [3.63, 3.8) is 0 Å². The minimum Gasteiger partial charge on any atom is -0.497 e. The van der Waals surface area contributed by atoms with Crippen molar-refractivity contribution in [2.45, 2.75) is 19.3 Å². The molecule has 2 amide bonds. The molecule has 6 nitrogen and oxygen atoms in total. The minimum atomic E-state index is -0.163. The third kappa shape index (κ3) is 4.64. The van der Waals surface area contributed by atoms with Gasteiger partial charge in [0, 0.05) is 24.6 Å². The summed E-state index contributed by atoms with van der Waals surface area (Å²) in [5.41, 5.74) is 0.802. The van der Waals surface area contributed by atoms with Gasteiger partial charge in [0.15, 0.2) is 0 Å². The number of ether oxygens (including phenoxy) is 1. The van der Waals surface area contributed by atoms with Crippen LogP contribution in [0.2, 0.25) is 0 Å². The predicted molar refractivity (Wildman–Crippen MR) is 98.2 cm³/mol. The number of halogens is 1. The number of carbonyl (C=O) groups is 2. The van der Waals surface area contributed by atoms with Crippen LogP contribution in [0.15, 0.2) is 24.3 Å². The molecule has 2 aliphatic rings. The van der Waals surface area contributed by atoms with Gasteiger partial charge in [-0.2, -0.15) is 0 Å². The third-order valence-corrected chi connectivity index (χ3v) is 5.15. The first kappa shape index (κ1) is 19.5. The molecule has 3 rings (SSSR count). The lowest BCUT2D eigenvalue weighted by molar-refractivity contribution is -0.123. The van der Waals surface area contributed by atoms with E-state index in [1.54, 1.807) is 31.4 Å². The second-order valence-corrected chi connectivity index (χ2v) is 6.65. The summed E-state index contributed by atoms with van der Waals surface area (Å²) in [6, 6.07) is 7.00. The van der Waals surface area contributed by atoms with Crippen LogP contribution < -0.4 is 20.7 Å². The lowest BCUT2D eigenvalue weighted by Crippen LogP contribution is -2.37. The van der Waals surface area contributed by atoms with Crippen LogP contribution in [0.3, 0.4) is 0 Å². The molecule has 1 unspecified atom stereocenters. The van der Waals surface area contributed by atoms with Crippen LogP contribution in [0.25, 0.3) is 0 Å². The predicted octanol–water partition coefficient (Wildman–Crippen LogP) is 1.35. The number of rotatable bonds is 6. The summed E-state index contributed by atoms with van der Waals surface area (Å²) in [6.07, 6.45) is 3.20. The van der Waals surface area contributed by atoms with E-state index >= 15 is 0 Å². The zero-order valence-corrected chi connectivity index (χ0v) is 15.3. The van der Waals surface area contributed by atoms with Crippen LogP contribution in [0.5, 0.6) is 5.75 Å². The lowest BCUT2D eigenvalue weighted by Gasteiger charge is -2.23. The Hall–Kier alpha value is -1.79. The highest BCUT2D eigenvalue weighted by Crippen LogP contribution is 2.58. The number of nitrogens with one attached hydrogen (secondary N) is 3. The number of hydrogen-bond acceptors (Lipinski definition) is 4. The van der Waals surface area contributed by atoms with Crippen molar-refractivity contribution >= 4 is 24.2 Å². The van der Waals surface area contributed by atoms with Crippen LogP contribution in [0, 0.1) is 11.3 Å². The second kappa shape index (κ2) is 8.54. The average molecular weight is 368 g/mol. The van der Waals surface area contributed by atoms with E-state index in [9.17, 15) is 9.59 Å². The maximum absolute atomic E-state index is 12.2. The molecule has 1 aromatic rings. The fraction of sp³-hybridized carbons (Fsp3) is 0.556. The van der Waals surface area contributed by atoms with E-state index in [1.165, 1.54) is 0 Å². The molecule has 3 N–H and O–H groups in total. The molecule has 1 aliphatic carbocycles. The van der Waals surface area contributed by atoms with Gasteiger partial charge >= 0.3 is 0 Å². The van der Waals surface area contributed by atoms with Gasteiger partial charge in [0.2, 0.25) is 5.91 Å². The molecular weight excluding hydrogens is 342 g/mol. The summed E-state index contributed by atoms with van der Waals surface area (Å²) < 4.78 is 5.11. The van der Waals surface area contributed by atoms with Crippen molar-refractivity contribution in [2.75, 3.05) is 33.3 Å². The molecule has 25 heavy (non-hydrogen) atoms. The highest BCUT2D eigenvalue weighted by atomic mass is 35.5. The van der Waals surface area contributed by atoms with E-state index < -0.39 is 0 Å². The summed E-state index contributed by atoms with van der Waals surface area (Å²) in [7, 11) is 1.57. The highest BCUT2D eigenvalue weighted by molar-refractivity contribution is 5.94. The second-order valence-electron chi connectivity index (χ2n) is 6.65. The lowest BCUT2D eigenvalue weighted by atomic mass is 9.92. The van der Waals surface area contributed by atoms with Gasteiger partial charge in [-0.1, -0.05) is 6.07 Å². The number of carbonyl (C=O) groups excluding carboxylic acids is 2. The molecule has 1 aromatic carbocycles. The van der Waals surface area contributed by atoms with E-state index in [2.05, 4.69) is 16.0 Å². The van der Waals surface area contributed by atoms with Crippen LogP contribution in [0.4, 0.5) is 0 Å². The number of piperidine rings is 1. The largest absolute Gasteiger partial charge is 0.497 e. The molecule has 138 valence electrons. The summed E-state index contributed by atoms with van der Waals surface area (Å²) in [4.78, 5) is 24.3. The summed E-state index contributed by atoms with van der Waals surface area (Å²) >= 11 is 0. The molecule has 1 saturated heterocycles. The zero-order chi connectivity index (χ0) is 17.0. The van der Waals surface area contributed by atoms with E-state index in [-0.39, 0.29) is 35.6 Å². The molecule has 0 bridgehead atoms. The fourth-order valence-corrected chi connectivity index (χ4v) is 3.55. The van der Waals surface area contributed by atoms with Crippen LogP contribution in [-0.2, 0) is 4.79 Å². The Labute approximate surface area is 154 Å². The minimum absolute atomic E-state index is 0. The van der Waals surface area contributed by atoms with Crippen molar-refractivity contribution in [1.82, 2.24) is 16.0 Å². The first-order valence-corrected chi connectivity index (χ1v) is 8.55. The first-order valence-electron chi connectivity index (χ1n) is 8.55. The Kier molecular flexibility index (Phi) is 6.67. The van der Waals surface area contributed by atoms with Gasteiger partial charge in [0.05, 0.1) is 7.11 Å². The van der Waals surface area contributed by atoms with Gasteiger partial charge in [-0.05, 0) is 56.0 Å². The maximum atomic E-state index is 12.2. The first-order chi connectivity index (χ1) is 11.6. The normalized spacial score (nSPS) is 20.3. The highest BCUT2D eigenvalue weighted by Gasteiger charge is 2.57. The third-order valence-electron chi connectivity index (χ3n) is 5.15. The Morgan fingerprint density at radius 2 is 1.96 bits per heavy atom. The van der Waals surface area contributed by atoms with Crippen molar-refractivity contribution in [1.29, 1.82) is 0 Å². The SMILES string of the molecule is COc1cccc(C(=O)NCCNC(=O)C2CC23CCNCC3)c1.Cl. The molecule has 1 heterocycles. The summed E-state index contributed by atoms with van der Waals surface area (Å²) in [5.74, 6) is 0.780. The van der Waals surface area contributed by atoms with E-state index in [0.29, 0.717) is 24.4 Å². The van der Waals surface area contributed by atoms with Crippen LogP contribution >= 0.6 is 12.4 Å². The van der Waals surface area contributed by atoms with Crippen LogP contribution in [0.1, 0.15) is 29.6 Å². The number of hydrogen-bond donors (Lipinski definition) is 3. The molecule has 1 saturated carbocycles. The standard InChI is InChI=1S/C18H25N3O3.ClH/c1-24-14-4-2-3-13(11-14)16(22)20-9-10-21-17(23)15-12-18(15)5-7-19-8-6-18;/h2-4,11,15,19H,5-10,12H2,1H3,(H,20,22)(H,21,23);1H. The Bertz CT molecular complexity index is 617. The summed E-state index contributed by atoms with van der Waals surface area (Å²) in [6.45, 7) is 2.91. The van der Waals surface area contributed by atoms with Gasteiger partial charge in [-0.15, -0.1) is 12.4 Å². The van der Waals surface area contributed by atoms with Crippen molar-refractivity contribution in [3.8, 4) is 5.75 Å². The monoisotopic (exact) mass is 367 g/mol. The molecule has 1 atom stereocenters. The Morgan fingerprint density at radius 3 is 2.68 bits per heavy atom. The van der Waals surface area contributed by atoms with E-state index in [1.807, 2.05) is 0 Å². The van der Waals surface area contributed by atoms with Crippen LogP contribution in [-0.4, -0.2) is 45.1 Å². The molecule has 1 aliphatic heterocycles. The number of amides is 2. The van der Waals surface area contributed by atoms with E-state index in [0.717, 1.165) is 32.4 Å². The number of benzene rings is 1. The molecule has 0 radical (unpaired) electrons. The molecule has 2 fully saturated rings. The summed E-state index contributed by atoms with van der Waals surface area (Å²) in [5, 5.41) is 9.10. The average Bonchev–Trinajstić information content (AvgIpc) is 3.32. The number of methoxy groups -OCH3 is 1. The Balaban J connectivity index is 0.00000225. The van der Waals surface area contributed by atoms with Crippen molar-refractivity contribution < 1.29 is 14.3 Å². The van der Waals surface area contributed by atoms with E-state index in [4.69, 9.17) is 4.74 Å². The van der Waals surface area contributed by atoms with Crippen molar-refractivity contribution in [2.24, 2.45) is 11.3 Å². The van der Waals surface area contributed by atoms with Gasteiger partial charge < -0.3 is 20.7 Å². The van der Waals surface area contributed by atoms with Gasteiger partial charge in [0.1, 0.15) is 5.75 Å². The van der Waals surface area contributed by atoms with Crippen molar-refractivity contribution in [3.05, 3.63) is 29.8 Å². The smallest absolute Gasteiger partial charge is 0.251 e. The quantitative estimate of drug-likeness (QED) is 0.663. The topological polar surface area (TPSA) is 79.5 Å². The zero-order valence-electron chi connectivity index (χ0n) is 14.5. The fourth-order valence-electron chi connectivity index (χ4n) is 3.55. The molecule has 1 spiro atoms. The van der Waals surface area contributed by atoms with Gasteiger partial charge in [0.25, 0.3) is 5.91 Å². The van der Waals surface area contributed by atoms with Gasteiger partial charge in [-0.25, -0.2) is 0 Å².